The molecule has 11 nitrogen and oxygen atoms in total. The van der Waals surface area contributed by atoms with Crippen LogP contribution in [0.2, 0.25) is 0 Å². The molecule has 1 aromatic carbocycles. The summed E-state index contributed by atoms with van der Waals surface area (Å²) in [5, 5.41) is 11.4. The summed E-state index contributed by atoms with van der Waals surface area (Å²) in [7, 11) is 3.65. The molecule has 232 valence electrons. The third kappa shape index (κ3) is 5.32. The average Bonchev–Trinajstić information content (AvgIpc) is 3.65. The zero-order valence-corrected chi connectivity index (χ0v) is 26.3. The van der Waals surface area contributed by atoms with Crippen molar-refractivity contribution in [2.24, 2.45) is 18.9 Å². The molecule has 0 spiro atoms. The van der Waals surface area contributed by atoms with Gasteiger partial charge in [-0.1, -0.05) is 0 Å². The number of aryl methyl sites for hydroxylation is 4. The van der Waals surface area contributed by atoms with E-state index in [1.807, 2.05) is 33.0 Å². The normalized spacial score (nSPS) is 22.2. The second kappa shape index (κ2) is 11.5. The molecule has 4 aromatic rings. The molecule has 5 heterocycles. The van der Waals surface area contributed by atoms with Gasteiger partial charge in [-0.3, -0.25) is 15.1 Å². The van der Waals surface area contributed by atoms with E-state index in [-0.39, 0.29) is 11.9 Å². The summed E-state index contributed by atoms with van der Waals surface area (Å²) < 4.78 is 15.9. The van der Waals surface area contributed by atoms with E-state index in [1.165, 1.54) is 11.3 Å². The summed E-state index contributed by atoms with van der Waals surface area (Å²) in [5.74, 6) is 1.97. The number of nitrogens with zero attached hydrogens (tertiary/aromatic N) is 6. The van der Waals surface area contributed by atoms with Crippen LogP contribution in [0.5, 0.6) is 5.88 Å². The number of pyridine rings is 1. The van der Waals surface area contributed by atoms with Crippen LogP contribution in [0.4, 0.5) is 11.6 Å². The average molecular weight is 599 g/mol. The van der Waals surface area contributed by atoms with Gasteiger partial charge in [-0.15, -0.1) is 0 Å². The first-order valence-corrected chi connectivity index (χ1v) is 15.7. The Morgan fingerprint density at radius 2 is 1.91 bits per heavy atom. The lowest BCUT2D eigenvalue weighted by Gasteiger charge is -2.36. The first-order valence-electron chi connectivity index (χ1n) is 15.7. The molecule has 2 fully saturated rings. The van der Waals surface area contributed by atoms with Crippen LogP contribution in [0.15, 0.2) is 24.3 Å². The van der Waals surface area contributed by atoms with Gasteiger partial charge in [0.05, 0.1) is 41.2 Å². The molecule has 11 heteroatoms. The molecule has 1 amide bonds. The van der Waals surface area contributed by atoms with Gasteiger partial charge >= 0.3 is 0 Å². The molecule has 2 N–H and O–H groups in total. The molecular formula is C33H42N8O3. The largest absolute Gasteiger partial charge is 0.477 e. The Kier molecular flexibility index (Phi) is 7.54. The van der Waals surface area contributed by atoms with Gasteiger partial charge in [-0.05, 0) is 81.7 Å². The fraction of sp³-hybridized carbons (Fsp3) is 0.515. The van der Waals surface area contributed by atoms with E-state index in [0.717, 1.165) is 73.4 Å². The maximum atomic E-state index is 13.9. The topological polar surface area (TPSA) is 111 Å². The highest BCUT2D eigenvalue weighted by Crippen LogP contribution is 2.38. The molecule has 1 aliphatic carbocycles. The second-order valence-electron chi connectivity index (χ2n) is 12.8. The van der Waals surface area contributed by atoms with E-state index in [2.05, 4.69) is 44.3 Å². The summed E-state index contributed by atoms with van der Waals surface area (Å²) in [5.41, 5.74) is 7.96. The van der Waals surface area contributed by atoms with Crippen LogP contribution in [-0.4, -0.2) is 76.2 Å². The fourth-order valence-corrected chi connectivity index (χ4v) is 7.39. The number of benzene rings is 1. The summed E-state index contributed by atoms with van der Waals surface area (Å²) in [6.45, 7) is 10.8. The molecular weight excluding hydrogens is 556 g/mol. The zero-order chi connectivity index (χ0) is 30.5. The number of piperazine rings is 1. The number of amides is 1. The predicted molar refractivity (Wildman–Crippen MR) is 171 cm³/mol. The first-order chi connectivity index (χ1) is 21.3. The molecule has 0 unspecified atom stereocenters. The summed E-state index contributed by atoms with van der Waals surface area (Å²) >= 11 is 0. The van der Waals surface area contributed by atoms with Gasteiger partial charge in [-0.25, -0.2) is 9.67 Å². The van der Waals surface area contributed by atoms with Crippen LogP contribution in [-0.2, 0) is 18.3 Å². The van der Waals surface area contributed by atoms with Crippen LogP contribution in [0, 0.1) is 32.6 Å². The minimum absolute atomic E-state index is 0.210. The Hall–Kier alpha value is -3.96. The highest BCUT2D eigenvalue weighted by atomic mass is 16.5. The monoisotopic (exact) mass is 598 g/mol. The Balaban J connectivity index is 1.31. The lowest BCUT2D eigenvalue weighted by molar-refractivity contribution is 0.102. The number of anilines is 2. The van der Waals surface area contributed by atoms with E-state index < -0.39 is 0 Å². The van der Waals surface area contributed by atoms with Gasteiger partial charge in [0.1, 0.15) is 0 Å². The highest BCUT2D eigenvalue weighted by molar-refractivity contribution is 6.05. The lowest BCUT2D eigenvalue weighted by Crippen LogP contribution is -2.52. The number of fused-ring (bicyclic) bond motifs is 9. The number of hydrogen-bond acceptors (Lipinski definition) is 8. The lowest BCUT2D eigenvalue weighted by atomic mass is 10.1. The minimum Gasteiger partial charge on any atom is -0.477 e. The molecule has 3 atom stereocenters. The Morgan fingerprint density at radius 1 is 1.07 bits per heavy atom. The third-order valence-electron chi connectivity index (χ3n) is 9.44. The molecule has 44 heavy (non-hydrogen) atoms. The number of carbonyl (C=O) groups excluding carboxylic acids is 1. The number of hydrogen-bond donors (Lipinski definition) is 2. The van der Waals surface area contributed by atoms with E-state index in [0.29, 0.717) is 48.1 Å². The van der Waals surface area contributed by atoms with Crippen molar-refractivity contribution in [1.29, 1.82) is 0 Å². The predicted octanol–water partition coefficient (Wildman–Crippen LogP) is 4.24. The molecule has 4 bridgehead atoms. The van der Waals surface area contributed by atoms with Crippen LogP contribution < -0.4 is 20.3 Å². The Bertz CT molecular complexity index is 1720. The summed E-state index contributed by atoms with van der Waals surface area (Å²) in [6, 6.07) is 8.37. The van der Waals surface area contributed by atoms with Gasteiger partial charge in [-0.2, -0.15) is 5.10 Å². The van der Waals surface area contributed by atoms with Crippen LogP contribution in [0.1, 0.15) is 46.6 Å². The molecule has 3 aliphatic rings. The number of imidazole rings is 1. The minimum atomic E-state index is -0.210. The van der Waals surface area contributed by atoms with Gasteiger partial charge < -0.3 is 24.3 Å². The molecule has 2 aliphatic heterocycles. The number of carbonyl (C=O) groups is 1. The van der Waals surface area contributed by atoms with Crippen molar-refractivity contribution in [1.82, 2.24) is 29.6 Å². The summed E-state index contributed by atoms with van der Waals surface area (Å²) in [4.78, 5) is 26.1. The van der Waals surface area contributed by atoms with Gasteiger partial charge in [0.2, 0.25) is 11.8 Å². The van der Waals surface area contributed by atoms with Crippen molar-refractivity contribution in [3.05, 3.63) is 46.8 Å². The standard InChI is InChI=1S/C33H42N8O3/c1-19-10-26-29(14-28(19)40-9-8-34-25(16-40)18-43-5)41-15-22-6-7-23(12-22)17-44-32-30(21(3)38-39(32)4)27-13-24(11-20(2)35-27)31(42)37-33(41)36-26/h10-11,13-14,22-23,25,34H,6-9,12,15-18H2,1-5H3,(H,36,37,42)/t22-,23+,25-/m1/s1. The van der Waals surface area contributed by atoms with E-state index in [9.17, 15) is 4.79 Å². The molecule has 1 saturated carbocycles. The first kappa shape index (κ1) is 28.8. The summed E-state index contributed by atoms with van der Waals surface area (Å²) in [6.07, 6.45) is 3.26. The van der Waals surface area contributed by atoms with Crippen molar-refractivity contribution in [2.75, 3.05) is 50.2 Å². The van der Waals surface area contributed by atoms with Crippen molar-refractivity contribution < 1.29 is 14.3 Å². The van der Waals surface area contributed by atoms with Gasteiger partial charge in [0.15, 0.2) is 0 Å². The smallest absolute Gasteiger partial charge is 0.258 e. The van der Waals surface area contributed by atoms with Crippen LogP contribution in [0.3, 0.4) is 0 Å². The van der Waals surface area contributed by atoms with Gasteiger partial charge in [0.25, 0.3) is 5.91 Å². The number of ether oxygens (including phenoxy) is 2. The number of aromatic nitrogens is 5. The van der Waals surface area contributed by atoms with Crippen LogP contribution >= 0.6 is 0 Å². The number of methoxy groups -OCH3 is 1. The zero-order valence-electron chi connectivity index (χ0n) is 26.3. The Labute approximate surface area is 257 Å². The van der Waals surface area contributed by atoms with E-state index in [4.69, 9.17) is 19.4 Å². The third-order valence-corrected chi connectivity index (χ3v) is 9.44. The maximum absolute atomic E-state index is 13.9. The van der Waals surface area contributed by atoms with E-state index >= 15 is 0 Å². The van der Waals surface area contributed by atoms with Crippen molar-refractivity contribution in [3.63, 3.8) is 0 Å². The van der Waals surface area contributed by atoms with Crippen LogP contribution in [0.25, 0.3) is 22.3 Å². The maximum Gasteiger partial charge on any atom is 0.258 e. The number of rotatable bonds is 3. The van der Waals surface area contributed by atoms with E-state index in [1.54, 1.807) is 11.8 Å². The SMILES string of the molecule is COC[C@H]1CN(c2cc3c(cc2C)nc2n3C[C@@H]3CC[C@H](COc4c(c(C)nn4C)-c4cc(cc(C)n4)C(=O)N2)C3)CCN1. The van der Waals surface area contributed by atoms with Crippen molar-refractivity contribution >= 4 is 28.6 Å². The molecule has 7 rings (SSSR count). The quantitative estimate of drug-likeness (QED) is 0.360. The fourth-order valence-electron chi connectivity index (χ4n) is 7.39. The number of nitrogens with one attached hydrogen (secondary N) is 2. The molecule has 1 saturated heterocycles. The van der Waals surface area contributed by atoms with Gasteiger partial charge in [0, 0.05) is 63.3 Å². The molecule has 0 radical (unpaired) electrons. The highest BCUT2D eigenvalue weighted by Gasteiger charge is 2.30. The second-order valence-corrected chi connectivity index (χ2v) is 12.8. The Morgan fingerprint density at radius 3 is 2.75 bits per heavy atom. The molecule has 3 aromatic heterocycles. The van der Waals surface area contributed by atoms with Crippen molar-refractivity contribution in [2.45, 2.75) is 52.6 Å². The van der Waals surface area contributed by atoms with Crippen molar-refractivity contribution in [3.8, 4) is 17.1 Å².